The van der Waals surface area contributed by atoms with E-state index in [-0.39, 0.29) is 43.3 Å². The largest absolute Gasteiger partial charge is 0.510 e. The summed E-state index contributed by atoms with van der Waals surface area (Å²) in [5.74, 6) is 1.53. The van der Waals surface area contributed by atoms with Gasteiger partial charge in [-0.2, -0.15) is 18.2 Å². The molecule has 7 heteroatoms. The van der Waals surface area contributed by atoms with E-state index in [1.807, 2.05) is 85.1 Å². The van der Waals surface area contributed by atoms with Crippen LogP contribution in [0.4, 0.5) is 0 Å². The van der Waals surface area contributed by atoms with E-state index in [0.717, 1.165) is 38.5 Å². The van der Waals surface area contributed by atoms with Crippen molar-refractivity contribution in [2.45, 2.75) is 0 Å². The van der Waals surface area contributed by atoms with Gasteiger partial charge in [-0.15, -0.1) is 29.7 Å². The fourth-order valence-corrected chi connectivity index (χ4v) is 9.01. The molecule has 0 N–H and O–H groups in total. The van der Waals surface area contributed by atoms with E-state index in [1.165, 1.54) is 16.8 Å². The summed E-state index contributed by atoms with van der Waals surface area (Å²) in [6, 6.07) is 52.4. The standard InChI is InChI=1S/C60H37N5O.Pt/c1-3-16-41(17-4-1)43-34-44(42-18-5-2-6-19-42)36-47(35-43)63-40-62(57-28-13-14-29-58(57)63)45-20-15-21-48(37-45)66-49-31-32-53-52-24-9-12-27-56(52)65(59(53)38-49)60-33-30-46(39-61-60)64-54-25-10-7-22-50(54)51-23-8-11-26-55(51)64;/h1-36,39H;/q-2;/i1D,2D,3D,4D,5D,6D,16D,17D,18D,19D;. The van der Waals surface area contributed by atoms with Gasteiger partial charge in [0, 0.05) is 48.9 Å². The number of pyridine rings is 1. The predicted molar refractivity (Wildman–Crippen MR) is 265 cm³/mol. The first kappa shape index (κ1) is 30.8. The third-order valence-corrected chi connectivity index (χ3v) is 11.9. The third-order valence-electron chi connectivity index (χ3n) is 11.9. The number of rotatable bonds is 8. The Kier molecular flexibility index (Phi) is 7.62. The number of benzene rings is 9. The van der Waals surface area contributed by atoms with Crippen molar-refractivity contribution in [3.63, 3.8) is 0 Å². The Balaban J connectivity index is 0.00000596. The second-order valence-corrected chi connectivity index (χ2v) is 15.7. The van der Waals surface area contributed by atoms with Crippen LogP contribution in [-0.4, -0.2) is 18.7 Å². The van der Waals surface area contributed by atoms with Gasteiger partial charge in [-0.05, 0) is 81.9 Å². The monoisotopic (exact) mass is 1050 g/mol. The molecule has 67 heavy (non-hydrogen) atoms. The Labute approximate surface area is 415 Å². The zero-order valence-corrected chi connectivity index (χ0v) is 37.3. The van der Waals surface area contributed by atoms with Crippen molar-refractivity contribution < 1.29 is 44.1 Å². The van der Waals surface area contributed by atoms with Crippen LogP contribution in [0.3, 0.4) is 0 Å². The fraction of sp³-hybridized carbons (Fsp3) is 0. The molecule has 0 spiro atoms. The van der Waals surface area contributed by atoms with Crippen LogP contribution in [0, 0.1) is 18.5 Å². The molecule has 0 aliphatic rings. The zero-order chi connectivity index (χ0) is 52.3. The quantitative estimate of drug-likeness (QED) is 0.112. The van der Waals surface area contributed by atoms with E-state index in [9.17, 15) is 0 Å². The minimum atomic E-state index is -0.564. The van der Waals surface area contributed by atoms with Crippen LogP contribution in [0.15, 0.2) is 224 Å². The Morgan fingerprint density at radius 1 is 0.493 bits per heavy atom. The number of nitrogens with zero attached hydrogens (tertiary/aromatic N) is 5. The molecule has 0 fully saturated rings. The van der Waals surface area contributed by atoms with Gasteiger partial charge in [-0.3, -0.25) is 4.57 Å². The molecule has 0 saturated carbocycles. The van der Waals surface area contributed by atoms with E-state index in [1.54, 1.807) is 27.3 Å². The summed E-state index contributed by atoms with van der Waals surface area (Å²) in [4.78, 5) is 5.06. The normalized spacial score (nSPS) is 13.6. The molecule has 0 saturated heterocycles. The number of para-hydroxylation sites is 5. The van der Waals surface area contributed by atoms with Crippen molar-refractivity contribution in [1.29, 1.82) is 0 Å². The summed E-state index contributed by atoms with van der Waals surface area (Å²) in [5, 5.41) is 4.34. The minimum Gasteiger partial charge on any atom is -0.510 e. The second-order valence-electron chi connectivity index (χ2n) is 15.7. The molecule has 4 heterocycles. The molecule has 0 bridgehead atoms. The second kappa shape index (κ2) is 16.6. The Bertz CT molecular complexity index is 4390. The molecule has 0 unspecified atom stereocenters. The molecule has 320 valence electrons. The molecular weight excluding hydrogens is 1000 g/mol. The van der Waals surface area contributed by atoms with E-state index >= 15 is 0 Å². The summed E-state index contributed by atoms with van der Waals surface area (Å²) < 4.78 is 100. The van der Waals surface area contributed by atoms with Gasteiger partial charge in [0.05, 0.1) is 53.3 Å². The first-order chi connectivity index (χ1) is 36.9. The van der Waals surface area contributed by atoms with Crippen LogP contribution in [0.1, 0.15) is 13.7 Å². The van der Waals surface area contributed by atoms with Crippen LogP contribution < -0.4 is 9.30 Å². The number of aromatic nitrogens is 5. The van der Waals surface area contributed by atoms with Crippen molar-refractivity contribution in [3.05, 3.63) is 243 Å². The molecule has 0 aliphatic carbocycles. The maximum Gasteiger partial charge on any atom is 0.268 e. The number of fused-ring (bicyclic) bond motifs is 7. The predicted octanol–water partition coefficient (Wildman–Crippen LogP) is 14.0. The maximum absolute atomic E-state index is 8.86. The molecular formula is C60H37N5OPt-2. The van der Waals surface area contributed by atoms with Crippen LogP contribution in [-0.2, 0) is 21.1 Å². The first-order valence-corrected chi connectivity index (χ1v) is 21.2. The average molecular weight is 1050 g/mol. The topological polar surface area (TPSA) is 40.8 Å². The van der Waals surface area contributed by atoms with Crippen molar-refractivity contribution >= 4 is 54.6 Å². The van der Waals surface area contributed by atoms with Gasteiger partial charge in [0.2, 0.25) is 0 Å². The Hall–Kier alpha value is -8.31. The minimum absolute atomic E-state index is 0. The van der Waals surface area contributed by atoms with Gasteiger partial charge in [-0.25, -0.2) is 4.98 Å². The SMILES string of the molecule is [2H]c1c([2H])c([2H])c(-c2cc(-c3c([2H])c([2H])c([2H])c([2H])c3[2H])cc(-[n+]3[c-]n(-c4[c-]c(Oc5[c-]c6c(cc5)c5ccccc5n6-c5ccc(-n6c7ccccc7c7ccccc76)cn5)ccc4)c4ccccc43)c2)c([2H])c1[2H].[Pt]. The average Bonchev–Trinajstić information content (AvgIpc) is 4.21. The molecule has 9 aromatic carbocycles. The molecule has 13 rings (SSSR count). The smallest absolute Gasteiger partial charge is 0.268 e. The van der Waals surface area contributed by atoms with E-state index in [4.69, 9.17) is 23.4 Å². The Morgan fingerprint density at radius 3 is 1.72 bits per heavy atom. The summed E-state index contributed by atoms with van der Waals surface area (Å²) in [6.07, 6.45) is 5.32. The summed E-state index contributed by atoms with van der Waals surface area (Å²) in [5.41, 5.74) is 7.16. The summed E-state index contributed by atoms with van der Waals surface area (Å²) in [7, 11) is 0. The van der Waals surface area contributed by atoms with E-state index < -0.39 is 60.4 Å². The summed E-state index contributed by atoms with van der Waals surface area (Å²) in [6.45, 7) is 0. The molecule has 13 aromatic rings. The van der Waals surface area contributed by atoms with Crippen LogP contribution in [0.25, 0.3) is 99.8 Å². The van der Waals surface area contributed by atoms with Crippen LogP contribution in [0.5, 0.6) is 11.5 Å². The van der Waals surface area contributed by atoms with E-state index in [2.05, 4.69) is 82.2 Å². The maximum atomic E-state index is 8.86. The van der Waals surface area contributed by atoms with Gasteiger partial charge in [-0.1, -0.05) is 145 Å². The molecule has 0 aliphatic heterocycles. The molecule has 0 radical (unpaired) electrons. The van der Waals surface area contributed by atoms with Gasteiger partial charge in [0.1, 0.15) is 5.82 Å². The number of ether oxygens (including phenoxy) is 1. The van der Waals surface area contributed by atoms with Crippen molar-refractivity contribution in [2.75, 3.05) is 0 Å². The summed E-state index contributed by atoms with van der Waals surface area (Å²) >= 11 is 0. The van der Waals surface area contributed by atoms with Gasteiger partial charge in [0.25, 0.3) is 6.33 Å². The molecule has 4 aromatic heterocycles. The zero-order valence-electron chi connectivity index (χ0n) is 45.0. The molecule has 0 amide bonds. The van der Waals surface area contributed by atoms with E-state index in [0.29, 0.717) is 39.7 Å². The van der Waals surface area contributed by atoms with Gasteiger partial charge < -0.3 is 18.4 Å². The molecule has 6 nitrogen and oxygen atoms in total. The first-order valence-electron chi connectivity index (χ1n) is 26.2. The van der Waals surface area contributed by atoms with Crippen molar-refractivity contribution in [2.24, 2.45) is 0 Å². The molecule has 0 atom stereocenters. The Morgan fingerprint density at radius 2 is 1.07 bits per heavy atom. The third kappa shape index (κ3) is 6.93. The number of imidazole rings is 1. The van der Waals surface area contributed by atoms with Crippen LogP contribution >= 0.6 is 0 Å². The number of hydrogen-bond donors (Lipinski definition) is 0. The van der Waals surface area contributed by atoms with Gasteiger partial charge in [0.15, 0.2) is 0 Å². The van der Waals surface area contributed by atoms with Crippen molar-refractivity contribution in [1.82, 2.24) is 18.7 Å². The van der Waals surface area contributed by atoms with Gasteiger partial charge >= 0.3 is 0 Å². The fourth-order valence-electron chi connectivity index (χ4n) is 9.01. The van der Waals surface area contributed by atoms with Crippen LogP contribution in [0.2, 0.25) is 0 Å². The number of hydrogen-bond acceptors (Lipinski definition) is 2. The van der Waals surface area contributed by atoms with Crippen molar-refractivity contribution in [3.8, 4) is 56.6 Å².